The molecule has 0 fully saturated rings. The number of carbonyl (C=O) groups is 1. The SMILES string of the molecule is Cc1nn(-c2ccccc2[NH+]([O-])O)c(C)c1[C@@H]1C=C[C@@H](NC(=O)Nc2cccc(C#N)c2)C1. The topological polar surface area (TPSA) is 130 Å². The van der Waals surface area contributed by atoms with Crippen LogP contribution in [0, 0.1) is 30.4 Å². The van der Waals surface area contributed by atoms with E-state index < -0.39 is 5.23 Å². The highest BCUT2D eigenvalue weighted by atomic mass is 16.8. The van der Waals surface area contributed by atoms with Gasteiger partial charge in [0.2, 0.25) is 0 Å². The molecule has 3 aromatic rings. The number of rotatable bonds is 5. The number of aromatic nitrogens is 2. The Labute approximate surface area is 191 Å². The van der Waals surface area contributed by atoms with E-state index >= 15 is 0 Å². The normalized spacial score (nSPS) is 18.0. The van der Waals surface area contributed by atoms with Crippen LogP contribution in [-0.4, -0.2) is 27.1 Å². The summed E-state index contributed by atoms with van der Waals surface area (Å²) in [6.07, 6.45) is 4.67. The van der Waals surface area contributed by atoms with Gasteiger partial charge in [0.05, 0.1) is 17.3 Å². The van der Waals surface area contributed by atoms with E-state index in [1.165, 1.54) is 0 Å². The molecule has 0 aliphatic heterocycles. The molecule has 1 aliphatic rings. The number of quaternary nitrogens is 1. The van der Waals surface area contributed by atoms with Crippen LogP contribution in [0.5, 0.6) is 0 Å². The summed E-state index contributed by atoms with van der Waals surface area (Å²) in [6, 6.07) is 15.1. The van der Waals surface area contributed by atoms with Crippen molar-refractivity contribution < 1.29 is 15.2 Å². The van der Waals surface area contributed by atoms with E-state index in [2.05, 4.69) is 15.7 Å². The van der Waals surface area contributed by atoms with Crippen LogP contribution in [0.15, 0.2) is 60.7 Å². The average molecular weight is 444 g/mol. The molecular weight excluding hydrogens is 420 g/mol. The van der Waals surface area contributed by atoms with Gasteiger partial charge in [0.25, 0.3) is 0 Å². The molecule has 9 nitrogen and oxygen atoms in total. The molecule has 1 aromatic heterocycles. The summed E-state index contributed by atoms with van der Waals surface area (Å²) in [4.78, 5) is 12.4. The van der Waals surface area contributed by atoms with Crippen molar-refractivity contribution in [3.63, 3.8) is 0 Å². The molecule has 2 aromatic carbocycles. The number of urea groups is 1. The second-order valence-electron chi connectivity index (χ2n) is 7.94. The molecule has 1 unspecified atom stereocenters. The molecule has 0 saturated carbocycles. The van der Waals surface area contributed by atoms with E-state index in [0.29, 0.717) is 23.4 Å². The number of carbonyl (C=O) groups excluding carboxylic acids is 1. The molecule has 0 spiro atoms. The molecule has 33 heavy (non-hydrogen) atoms. The second kappa shape index (κ2) is 9.26. The van der Waals surface area contributed by atoms with Crippen molar-refractivity contribution in [2.24, 2.45) is 0 Å². The highest BCUT2D eigenvalue weighted by molar-refractivity contribution is 5.89. The Kier molecular flexibility index (Phi) is 6.24. The largest absolute Gasteiger partial charge is 0.595 e. The van der Waals surface area contributed by atoms with Gasteiger partial charge in [0.15, 0.2) is 5.69 Å². The Hall–Kier alpha value is -3.97. The number of nitrogens with zero attached hydrogens (tertiary/aromatic N) is 3. The Morgan fingerprint density at radius 3 is 2.79 bits per heavy atom. The van der Waals surface area contributed by atoms with Gasteiger partial charge in [-0.3, -0.25) is 0 Å². The van der Waals surface area contributed by atoms with Crippen LogP contribution in [-0.2, 0) is 0 Å². The lowest BCUT2D eigenvalue weighted by Gasteiger charge is -2.17. The van der Waals surface area contributed by atoms with Crippen molar-refractivity contribution in [2.75, 3.05) is 5.32 Å². The highest BCUT2D eigenvalue weighted by Gasteiger charge is 2.28. The maximum absolute atomic E-state index is 12.4. The highest BCUT2D eigenvalue weighted by Crippen LogP contribution is 2.34. The maximum atomic E-state index is 12.4. The van der Waals surface area contributed by atoms with Crippen molar-refractivity contribution >= 4 is 17.4 Å². The maximum Gasteiger partial charge on any atom is 0.319 e. The van der Waals surface area contributed by atoms with Gasteiger partial charge in [0.1, 0.15) is 5.69 Å². The summed E-state index contributed by atoms with van der Waals surface area (Å²) >= 11 is 0. The molecule has 4 rings (SSSR count). The molecule has 168 valence electrons. The molecule has 0 radical (unpaired) electrons. The van der Waals surface area contributed by atoms with Gasteiger partial charge in [-0.15, -0.1) is 0 Å². The molecule has 0 saturated heterocycles. The van der Waals surface area contributed by atoms with Gasteiger partial charge < -0.3 is 15.8 Å². The van der Waals surface area contributed by atoms with Gasteiger partial charge in [0, 0.05) is 35.0 Å². The van der Waals surface area contributed by atoms with Gasteiger partial charge in [-0.25, -0.2) is 14.7 Å². The number of allylic oxidation sites excluding steroid dienone is 1. The lowest BCUT2D eigenvalue weighted by molar-refractivity contribution is -0.991. The number of aryl methyl sites for hydroxylation is 1. The Morgan fingerprint density at radius 2 is 2.03 bits per heavy atom. The van der Waals surface area contributed by atoms with Crippen molar-refractivity contribution in [1.82, 2.24) is 15.1 Å². The predicted octanol–water partition coefficient (Wildman–Crippen LogP) is 3.00. The number of para-hydroxylation sites is 2. The fraction of sp³-hybridized carbons (Fsp3) is 0.208. The number of amides is 2. The number of nitriles is 1. The fourth-order valence-corrected chi connectivity index (χ4v) is 4.29. The van der Waals surface area contributed by atoms with Crippen molar-refractivity contribution in [2.45, 2.75) is 32.2 Å². The van der Waals surface area contributed by atoms with Crippen molar-refractivity contribution in [3.8, 4) is 11.8 Å². The fourth-order valence-electron chi connectivity index (χ4n) is 4.29. The van der Waals surface area contributed by atoms with Crippen LogP contribution < -0.4 is 15.9 Å². The number of anilines is 1. The molecular formula is C24H24N6O3. The smallest absolute Gasteiger partial charge is 0.319 e. The van der Waals surface area contributed by atoms with Gasteiger partial charge in [-0.2, -0.15) is 15.6 Å². The van der Waals surface area contributed by atoms with Crippen LogP contribution in [0.4, 0.5) is 16.2 Å². The minimum atomic E-state index is -1.00. The third-order valence-corrected chi connectivity index (χ3v) is 5.73. The van der Waals surface area contributed by atoms with E-state index in [1.54, 1.807) is 53.2 Å². The number of benzene rings is 2. The van der Waals surface area contributed by atoms with Crippen LogP contribution in [0.25, 0.3) is 5.69 Å². The van der Waals surface area contributed by atoms with Crippen LogP contribution >= 0.6 is 0 Å². The van der Waals surface area contributed by atoms with Crippen LogP contribution in [0.2, 0.25) is 0 Å². The lowest BCUT2D eigenvalue weighted by Crippen LogP contribution is -2.99. The molecule has 3 atom stereocenters. The average Bonchev–Trinajstić information content (AvgIpc) is 3.36. The third kappa shape index (κ3) is 4.63. The molecule has 1 aliphatic carbocycles. The van der Waals surface area contributed by atoms with Crippen LogP contribution in [0.1, 0.15) is 34.9 Å². The summed E-state index contributed by atoms with van der Waals surface area (Å²) in [5.74, 6) is 0.0444. The molecule has 1 heterocycles. The minimum Gasteiger partial charge on any atom is -0.595 e. The Balaban J connectivity index is 1.47. The number of hydrogen-bond donors (Lipinski definition) is 4. The Bertz CT molecular complexity index is 1260. The van der Waals surface area contributed by atoms with Crippen molar-refractivity contribution in [1.29, 1.82) is 5.26 Å². The first-order valence-electron chi connectivity index (χ1n) is 10.5. The van der Waals surface area contributed by atoms with E-state index in [0.717, 1.165) is 17.0 Å². The van der Waals surface area contributed by atoms with E-state index in [1.807, 2.05) is 32.1 Å². The summed E-state index contributed by atoms with van der Waals surface area (Å²) in [5, 5.41) is 39.5. The standard InChI is InChI=1S/C24H24N6O3/c1-15-23(16(2)29(28-15)21-8-3-4-9-22(21)30(32)33)18-10-11-20(13-18)27-24(31)26-19-7-5-6-17(12-19)14-25/h3-12,18,20,30,32H,13H2,1-2H3,(H2,26,27,31)/t18-,20-/m1/s1. The number of hydrogen-bond acceptors (Lipinski definition) is 5. The van der Waals surface area contributed by atoms with Gasteiger partial charge in [-0.1, -0.05) is 30.4 Å². The first-order valence-corrected chi connectivity index (χ1v) is 10.5. The summed E-state index contributed by atoms with van der Waals surface area (Å²) in [7, 11) is 0. The zero-order chi connectivity index (χ0) is 23.5. The molecule has 2 amide bonds. The predicted molar refractivity (Wildman–Crippen MR) is 122 cm³/mol. The third-order valence-electron chi connectivity index (χ3n) is 5.73. The van der Waals surface area contributed by atoms with E-state index in [-0.39, 0.29) is 23.7 Å². The zero-order valence-corrected chi connectivity index (χ0v) is 18.2. The van der Waals surface area contributed by atoms with Gasteiger partial charge >= 0.3 is 6.03 Å². The monoisotopic (exact) mass is 444 g/mol. The summed E-state index contributed by atoms with van der Waals surface area (Å²) in [5.41, 5.74) is 4.45. The zero-order valence-electron chi connectivity index (χ0n) is 18.2. The first-order chi connectivity index (χ1) is 15.9. The van der Waals surface area contributed by atoms with Gasteiger partial charge in [-0.05, 0) is 44.5 Å². The van der Waals surface area contributed by atoms with Crippen LogP contribution in [0.3, 0.4) is 0 Å². The quantitative estimate of drug-likeness (QED) is 0.355. The van der Waals surface area contributed by atoms with E-state index in [4.69, 9.17) is 5.26 Å². The van der Waals surface area contributed by atoms with E-state index in [9.17, 15) is 15.2 Å². The molecule has 4 N–H and O–H groups in total. The summed E-state index contributed by atoms with van der Waals surface area (Å²) in [6.45, 7) is 3.84. The molecule has 9 heteroatoms. The second-order valence-corrected chi connectivity index (χ2v) is 7.94. The van der Waals surface area contributed by atoms with Crippen molar-refractivity contribution in [3.05, 3.63) is 88.4 Å². The Morgan fingerprint density at radius 1 is 1.24 bits per heavy atom. The summed E-state index contributed by atoms with van der Waals surface area (Å²) < 4.78 is 1.68. The first kappa shape index (κ1) is 22.2. The number of nitrogens with one attached hydrogen (secondary N) is 3. The lowest BCUT2D eigenvalue weighted by atomic mass is 9.96. The minimum absolute atomic E-state index is 0.0444. The molecule has 0 bridgehead atoms.